The molecule has 16 heavy (non-hydrogen) atoms. The van der Waals surface area contributed by atoms with Gasteiger partial charge in [0.15, 0.2) is 10.3 Å². The highest BCUT2D eigenvalue weighted by Crippen LogP contribution is 2.21. The van der Waals surface area contributed by atoms with Crippen molar-refractivity contribution >= 4 is 28.9 Å². The maximum Gasteiger partial charge on any atom is 0.174 e. The SMILES string of the molecule is Clc1cc(NCC[C@H]2CCCN2)c(Cl)nn1. The number of hydrogen-bond donors (Lipinski definition) is 2. The molecule has 6 heteroatoms. The predicted molar refractivity (Wildman–Crippen MR) is 66.2 cm³/mol. The first-order valence-electron chi connectivity index (χ1n) is 5.41. The van der Waals surface area contributed by atoms with E-state index < -0.39 is 0 Å². The Labute approximate surface area is 105 Å². The second kappa shape index (κ2) is 5.66. The van der Waals surface area contributed by atoms with Crippen molar-refractivity contribution < 1.29 is 0 Å². The highest BCUT2D eigenvalue weighted by atomic mass is 35.5. The molecule has 0 spiro atoms. The average molecular weight is 261 g/mol. The Balaban J connectivity index is 1.82. The molecule has 0 unspecified atom stereocenters. The Morgan fingerprint density at radius 3 is 3.06 bits per heavy atom. The van der Waals surface area contributed by atoms with E-state index in [1.165, 1.54) is 12.8 Å². The molecule has 4 nitrogen and oxygen atoms in total. The molecule has 2 rings (SSSR count). The highest BCUT2D eigenvalue weighted by molar-refractivity contribution is 6.33. The van der Waals surface area contributed by atoms with E-state index in [9.17, 15) is 0 Å². The third kappa shape index (κ3) is 3.20. The molecular weight excluding hydrogens is 247 g/mol. The highest BCUT2D eigenvalue weighted by Gasteiger charge is 2.13. The van der Waals surface area contributed by atoms with Crippen LogP contribution in [0.4, 0.5) is 5.69 Å². The van der Waals surface area contributed by atoms with Gasteiger partial charge in [0.25, 0.3) is 0 Å². The van der Waals surface area contributed by atoms with E-state index in [0.29, 0.717) is 16.3 Å². The third-order valence-electron chi connectivity index (χ3n) is 2.69. The number of nitrogens with zero attached hydrogens (tertiary/aromatic N) is 2. The van der Waals surface area contributed by atoms with Crippen LogP contribution in [0.15, 0.2) is 6.07 Å². The molecule has 1 aliphatic rings. The van der Waals surface area contributed by atoms with E-state index in [4.69, 9.17) is 23.2 Å². The van der Waals surface area contributed by atoms with Crippen molar-refractivity contribution in [1.29, 1.82) is 0 Å². The Kier molecular flexibility index (Phi) is 4.21. The van der Waals surface area contributed by atoms with Crippen LogP contribution in [-0.4, -0.2) is 29.3 Å². The van der Waals surface area contributed by atoms with Gasteiger partial charge in [-0.2, -0.15) is 0 Å². The third-order valence-corrected chi connectivity index (χ3v) is 3.15. The lowest BCUT2D eigenvalue weighted by Gasteiger charge is -2.11. The van der Waals surface area contributed by atoms with Gasteiger partial charge in [0.05, 0.1) is 5.69 Å². The topological polar surface area (TPSA) is 49.8 Å². The van der Waals surface area contributed by atoms with Gasteiger partial charge in [-0.3, -0.25) is 0 Å². The Morgan fingerprint density at radius 1 is 1.44 bits per heavy atom. The molecule has 2 heterocycles. The number of hydrogen-bond acceptors (Lipinski definition) is 4. The van der Waals surface area contributed by atoms with Crippen LogP contribution < -0.4 is 10.6 Å². The van der Waals surface area contributed by atoms with Crippen molar-refractivity contribution in [3.8, 4) is 0 Å². The number of aromatic nitrogens is 2. The zero-order chi connectivity index (χ0) is 11.4. The molecule has 0 amide bonds. The fourth-order valence-electron chi connectivity index (χ4n) is 1.86. The zero-order valence-corrected chi connectivity index (χ0v) is 10.4. The van der Waals surface area contributed by atoms with Gasteiger partial charge < -0.3 is 10.6 Å². The van der Waals surface area contributed by atoms with Crippen LogP contribution in [0.5, 0.6) is 0 Å². The second-order valence-corrected chi connectivity index (χ2v) is 4.63. The van der Waals surface area contributed by atoms with E-state index in [1.54, 1.807) is 6.07 Å². The first-order valence-corrected chi connectivity index (χ1v) is 6.17. The van der Waals surface area contributed by atoms with Gasteiger partial charge in [-0.05, 0) is 25.8 Å². The first-order chi connectivity index (χ1) is 7.75. The van der Waals surface area contributed by atoms with Crippen LogP contribution >= 0.6 is 23.2 Å². The summed E-state index contributed by atoms with van der Waals surface area (Å²) in [6, 6.07) is 2.32. The van der Waals surface area contributed by atoms with Crippen LogP contribution in [0.25, 0.3) is 0 Å². The molecule has 1 fully saturated rings. The minimum atomic E-state index is 0.353. The summed E-state index contributed by atoms with van der Waals surface area (Å²) in [7, 11) is 0. The largest absolute Gasteiger partial charge is 0.382 e. The molecular formula is C10H14Cl2N4. The van der Waals surface area contributed by atoms with Crippen LogP contribution in [0, 0.1) is 0 Å². The first kappa shape index (κ1) is 11.9. The van der Waals surface area contributed by atoms with Crippen molar-refractivity contribution in [3.05, 3.63) is 16.4 Å². The standard InChI is InChI=1S/C10H14Cl2N4/c11-9-6-8(10(12)16-15-9)14-5-3-7-2-1-4-13-7/h6-7,13H,1-5H2,(H,14,15)/t7-/m1/s1. The van der Waals surface area contributed by atoms with Gasteiger partial charge in [0, 0.05) is 18.7 Å². The maximum atomic E-state index is 5.88. The average Bonchev–Trinajstić information content (AvgIpc) is 2.76. The van der Waals surface area contributed by atoms with Gasteiger partial charge >= 0.3 is 0 Å². The van der Waals surface area contributed by atoms with Crippen molar-refractivity contribution in [2.45, 2.75) is 25.3 Å². The molecule has 0 radical (unpaired) electrons. The number of rotatable bonds is 4. The minimum absolute atomic E-state index is 0.353. The van der Waals surface area contributed by atoms with Crippen molar-refractivity contribution in [2.24, 2.45) is 0 Å². The lowest BCUT2D eigenvalue weighted by molar-refractivity contribution is 0.574. The van der Waals surface area contributed by atoms with Gasteiger partial charge in [-0.25, -0.2) is 0 Å². The van der Waals surface area contributed by atoms with E-state index in [2.05, 4.69) is 20.8 Å². The smallest absolute Gasteiger partial charge is 0.174 e. The molecule has 2 N–H and O–H groups in total. The quantitative estimate of drug-likeness (QED) is 0.873. The summed E-state index contributed by atoms with van der Waals surface area (Å²) < 4.78 is 0. The van der Waals surface area contributed by atoms with Crippen molar-refractivity contribution in [1.82, 2.24) is 15.5 Å². The van der Waals surface area contributed by atoms with E-state index in [-0.39, 0.29) is 0 Å². The van der Waals surface area contributed by atoms with Gasteiger partial charge in [-0.15, -0.1) is 10.2 Å². The van der Waals surface area contributed by atoms with Crippen LogP contribution in [-0.2, 0) is 0 Å². The van der Waals surface area contributed by atoms with E-state index >= 15 is 0 Å². The number of halogens is 2. The Hall–Kier alpha value is -0.580. The molecule has 1 aliphatic heterocycles. The number of nitrogens with one attached hydrogen (secondary N) is 2. The van der Waals surface area contributed by atoms with E-state index in [0.717, 1.165) is 25.2 Å². The minimum Gasteiger partial charge on any atom is -0.382 e. The van der Waals surface area contributed by atoms with Gasteiger partial charge in [0.1, 0.15) is 0 Å². The summed E-state index contributed by atoms with van der Waals surface area (Å²) in [5.74, 6) is 0. The number of anilines is 1. The molecule has 0 aromatic carbocycles. The van der Waals surface area contributed by atoms with Gasteiger partial charge in [-0.1, -0.05) is 23.2 Å². The molecule has 88 valence electrons. The fraction of sp³-hybridized carbons (Fsp3) is 0.600. The molecule has 1 aromatic rings. The van der Waals surface area contributed by atoms with E-state index in [1.807, 2.05) is 0 Å². The summed E-state index contributed by atoms with van der Waals surface area (Å²) in [5, 5.41) is 14.8. The fourth-order valence-corrected chi connectivity index (χ4v) is 2.17. The van der Waals surface area contributed by atoms with Crippen molar-refractivity contribution in [2.75, 3.05) is 18.4 Å². The predicted octanol–water partition coefficient (Wildman–Crippen LogP) is 2.34. The monoisotopic (exact) mass is 260 g/mol. The van der Waals surface area contributed by atoms with Gasteiger partial charge in [0.2, 0.25) is 0 Å². The lowest BCUT2D eigenvalue weighted by Crippen LogP contribution is -2.24. The molecule has 0 bridgehead atoms. The summed E-state index contributed by atoms with van der Waals surface area (Å²) >= 11 is 11.6. The summed E-state index contributed by atoms with van der Waals surface area (Å²) in [6.45, 7) is 1.99. The van der Waals surface area contributed by atoms with Crippen molar-refractivity contribution in [3.63, 3.8) is 0 Å². The molecule has 0 aliphatic carbocycles. The molecule has 1 saturated heterocycles. The summed E-state index contributed by atoms with van der Waals surface area (Å²) in [4.78, 5) is 0. The Morgan fingerprint density at radius 2 is 2.31 bits per heavy atom. The Bertz CT molecular complexity index is 353. The van der Waals surface area contributed by atoms with Crippen LogP contribution in [0.3, 0.4) is 0 Å². The molecule has 1 atom stereocenters. The van der Waals surface area contributed by atoms with Crippen LogP contribution in [0.1, 0.15) is 19.3 Å². The molecule has 1 aromatic heterocycles. The molecule has 0 saturated carbocycles. The zero-order valence-electron chi connectivity index (χ0n) is 8.84. The normalized spacial score (nSPS) is 20.0. The maximum absolute atomic E-state index is 5.88. The summed E-state index contributed by atoms with van der Waals surface area (Å²) in [5.41, 5.74) is 0.750. The van der Waals surface area contributed by atoms with Crippen LogP contribution in [0.2, 0.25) is 10.3 Å². The summed E-state index contributed by atoms with van der Waals surface area (Å²) in [6.07, 6.45) is 3.61. The lowest BCUT2D eigenvalue weighted by atomic mass is 10.1. The second-order valence-electron chi connectivity index (χ2n) is 3.88.